The quantitative estimate of drug-likeness (QED) is 0.886. The second-order valence-electron chi connectivity index (χ2n) is 5.55. The molecule has 4 nitrogen and oxygen atoms in total. The number of amides is 2. The lowest BCUT2D eigenvalue weighted by atomic mass is 9.93. The van der Waals surface area contributed by atoms with Gasteiger partial charge in [0, 0.05) is 25.3 Å². The third kappa shape index (κ3) is 3.97. The summed E-state index contributed by atoms with van der Waals surface area (Å²) in [5, 5.41) is 2.96. The van der Waals surface area contributed by atoms with E-state index in [-0.39, 0.29) is 6.03 Å². The highest BCUT2D eigenvalue weighted by Crippen LogP contribution is 2.22. The van der Waals surface area contributed by atoms with Gasteiger partial charge in [-0.2, -0.15) is 0 Å². The maximum Gasteiger partial charge on any atom is 0.321 e. The first-order valence-electron chi connectivity index (χ1n) is 7.58. The number of nitrogens with two attached hydrogens (primary N) is 1. The largest absolute Gasteiger partial charge is 0.326 e. The number of rotatable bonds is 4. The lowest BCUT2D eigenvalue weighted by molar-refractivity contribution is 0.179. The Kier molecular flexibility index (Phi) is 5.41. The summed E-state index contributed by atoms with van der Waals surface area (Å²) in [6, 6.07) is 7.72. The van der Waals surface area contributed by atoms with Crippen LogP contribution in [0.15, 0.2) is 24.3 Å². The normalized spacial score (nSPS) is 16.2. The van der Waals surface area contributed by atoms with E-state index in [1.165, 1.54) is 12.8 Å². The molecule has 1 aliphatic rings. The molecule has 0 aromatic heterocycles. The lowest BCUT2D eigenvalue weighted by Gasteiger charge is -2.31. The summed E-state index contributed by atoms with van der Waals surface area (Å²) in [6.07, 6.45) is 4.79. The Hall–Kier alpha value is -1.55. The van der Waals surface area contributed by atoms with Gasteiger partial charge >= 0.3 is 6.03 Å². The molecule has 20 heavy (non-hydrogen) atoms. The fourth-order valence-electron chi connectivity index (χ4n) is 2.76. The number of piperidine rings is 1. The summed E-state index contributed by atoms with van der Waals surface area (Å²) in [6.45, 7) is 4.50. The number of carbonyl (C=O) groups excluding carboxylic acids is 1. The van der Waals surface area contributed by atoms with Crippen molar-refractivity contribution in [2.24, 2.45) is 11.7 Å². The van der Waals surface area contributed by atoms with Crippen LogP contribution in [-0.4, -0.2) is 24.0 Å². The molecular weight excluding hydrogens is 250 g/mol. The molecule has 0 atom stereocenters. The molecule has 1 aliphatic heterocycles. The molecule has 0 spiro atoms. The topological polar surface area (TPSA) is 58.4 Å². The number of hydrogen-bond acceptors (Lipinski definition) is 2. The van der Waals surface area contributed by atoms with E-state index in [1.807, 2.05) is 29.2 Å². The molecule has 0 bridgehead atoms. The first-order chi connectivity index (χ1) is 9.72. The van der Waals surface area contributed by atoms with Gasteiger partial charge in [0.15, 0.2) is 0 Å². The van der Waals surface area contributed by atoms with E-state index in [0.29, 0.717) is 6.54 Å². The molecule has 0 aliphatic carbocycles. The smallest absolute Gasteiger partial charge is 0.321 e. The van der Waals surface area contributed by atoms with Crippen LogP contribution in [0.25, 0.3) is 0 Å². The minimum Gasteiger partial charge on any atom is -0.326 e. The molecule has 110 valence electrons. The van der Waals surface area contributed by atoms with Crippen LogP contribution in [0.4, 0.5) is 10.5 Å². The van der Waals surface area contributed by atoms with Gasteiger partial charge in [0.1, 0.15) is 0 Å². The van der Waals surface area contributed by atoms with Crippen molar-refractivity contribution in [3.05, 3.63) is 29.8 Å². The summed E-state index contributed by atoms with van der Waals surface area (Å²) < 4.78 is 0. The second kappa shape index (κ2) is 7.29. The zero-order chi connectivity index (χ0) is 14.4. The van der Waals surface area contributed by atoms with Crippen molar-refractivity contribution in [2.45, 2.75) is 39.2 Å². The highest BCUT2D eigenvalue weighted by Gasteiger charge is 2.22. The Labute approximate surface area is 121 Å². The van der Waals surface area contributed by atoms with Crippen molar-refractivity contribution in [3.8, 4) is 0 Å². The maximum absolute atomic E-state index is 12.2. The van der Waals surface area contributed by atoms with Gasteiger partial charge in [-0.15, -0.1) is 0 Å². The molecule has 1 aromatic carbocycles. The SMILES string of the molecule is CCCC1CCN(C(=O)Nc2ccc(CN)cc2)CC1. The van der Waals surface area contributed by atoms with Crippen molar-refractivity contribution < 1.29 is 4.79 Å². The van der Waals surface area contributed by atoms with Crippen LogP contribution in [0, 0.1) is 5.92 Å². The summed E-state index contributed by atoms with van der Waals surface area (Å²) in [4.78, 5) is 14.1. The van der Waals surface area contributed by atoms with E-state index < -0.39 is 0 Å². The van der Waals surface area contributed by atoms with Gasteiger partial charge < -0.3 is 16.0 Å². The van der Waals surface area contributed by atoms with E-state index in [0.717, 1.165) is 43.1 Å². The monoisotopic (exact) mass is 275 g/mol. The first kappa shape index (κ1) is 14.9. The van der Waals surface area contributed by atoms with Crippen LogP contribution >= 0.6 is 0 Å². The number of benzene rings is 1. The molecule has 1 saturated heterocycles. The average molecular weight is 275 g/mol. The van der Waals surface area contributed by atoms with Crippen LogP contribution in [-0.2, 0) is 6.54 Å². The van der Waals surface area contributed by atoms with Crippen molar-refractivity contribution in [2.75, 3.05) is 18.4 Å². The van der Waals surface area contributed by atoms with Gasteiger partial charge in [-0.3, -0.25) is 0 Å². The third-order valence-corrected chi connectivity index (χ3v) is 4.04. The zero-order valence-electron chi connectivity index (χ0n) is 12.3. The van der Waals surface area contributed by atoms with E-state index in [2.05, 4.69) is 12.2 Å². The highest BCUT2D eigenvalue weighted by molar-refractivity contribution is 5.89. The minimum atomic E-state index is 0.0143. The fourth-order valence-corrected chi connectivity index (χ4v) is 2.76. The van der Waals surface area contributed by atoms with E-state index in [4.69, 9.17) is 5.73 Å². The van der Waals surface area contributed by atoms with Gasteiger partial charge in [0.2, 0.25) is 0 Å². The summed E-state index contributed by atoms with van der Waals surface area (Å²) >= 11 is 0. The predicted molar refractivity (Wildman–Crippen MR) is 82.6 cm³/mol. The summed E-state index contributed by atoms with van der Waals surface area (Å²) in [5.74, 6) is 0.799. The molecule has 2 rings (SSSR count). The van der Waals surface area contributed by atoms with Crippen LogP contribution in [0.1, 0.15) is 38.2 Å². The molecule has 4 heteroatoms. The Balaban J connectivity index is 1.83. The van der Waals surface area contributed by atoms with E-state index >= 15 is 0 Å². The number of hydrogen-bond donors (Lipinski definition) is 2. The van der Waals surface area contributed by atoms with Crippen molar-refractivity contribution in [3.63, 3.8) is 0 Å². The van der Waals surface area contributed by atoms with Crippen LogP contribution in [0.5, 0.6) is 0 Å². The highest BCUT2D eigenvalue weighted by atomic mass is 16.2. The van der Waals surface area contributed by atoms with Crippen LogP contribution < -0.4 is 11.1 Å². The lowest BCUT2D eigenvalue weighted by Crippen LogP contribution is -2.41. The number of urea groups is 1. The molecular formula is C16H25N3O. The Bertz CT molecular complexity index is 422. The van der Waals surface area contributed by atoms with Crippen molar-refractivity contribution in [1.29, 1.82) is 0 Å². The molecule has 3 N–H and O–H groups in total. The second-order valence-corrected chi connectivity index (χ2v) is 5.55. The number of nitrogens with zero attached hydrogens (tertiary/aromatic N) is 1. The van der Waals surface area contributed by atoms with Crippen LogP contribution in [0.3, 0.4) is 0 Å². The minimum absolute atomic E-state index is 0.0143. The molecule has 0 unspecified atom stereocenters. The Morgan fingerprint density at radius 1 is 1.30 bits per heavy atom. The molecule has 1 aromatic rings. The number of anilines is 1. The van der Waals surface area contributed by atoms with Crippen molar-refractivity contribution in [1.82, 2.24) is 4.90 Å². The summed E-state index contributed by atoms with van der Waals surface area (Å²) in [5.41, 5.74) is 7.47. The summed E-state index contributed by atoms with van der Waals surface area (Å²) in [7, 11) is 0. The first-order valence-corrected chi connectivity index (χ1v) is 7.58. The molecule has 0 saturated carbocycles. The number of carbonyl (C=O) groups is 1. The molecule has 1 heterocycles. The van der Waals surface area contributed by atoms with Gasteiger partial charge in [-0.1, -0.05) is 31.9 Å². The molecule has 0 radical (unpaired) electrons. The average Bonchev–Trinajstić information content (AvgIpc) is 2.49. The standard InChI is InChI=1S/C16H25N3O/c1-2-3-13-8-10-19(11-9-13)16(20)18-15-6-4-14(12-17)5-7-15/h4-7,13H,2-3,8-12,17H2,1H3,(H,18,20). The zero-order valence-corrected chi connectivity index (χ0v) is 12.3. The number of likely N-dealkylation sites (tertiary alicyclic amines) is 1. The molecule has 1 fully saturated rings. The van der Waals surface area contributed by atoms with Gasteiger partial charge in [-0.25, -0.2) is 4.79 Å². The predicted octanol–water partition coefficient (Wildman–Crippen LogP) is 3.19. The molecule has 2 amide bonds. The van der Waals surface area contributed by atoms with Crippen molar-refractivity contribution >= 4 is 11.7 Å². The third-order valence-electron chi connectivity index (χ3n) is 4.04. The Morgan fingerprint density at radius 3 is 2.50 bits per heavy atom. The van der Waals surface area contributed by atoms with Crippen LogP contribution in [0.2, 0.25) is 0 Å². The Morgan fingerprint density at radius 2 is 1.95 bits per heavy atom. The number of nitrogens with one attached hydrogen (secondary N) is 1. The van der Waals surface area contributed by atoms with Gasteiger partial charge in [0.05, 0.1) is 0 Å². The maximum atomic E-state index is 12.2. The van der Waals surface area contributed by atoms with E-state index in [9.17, 15) is 4.79 Å². The fraction of sp³-hybridized carbons (Fsp3) is 0.562. The van der Waals surface area contributed by atoms with Gasteiger partial charge in [0.25, 0.3) is 0 Å². The van der Waals surface area contributed by atoms with Gasteiger partial charge in [-0.05, 0) is 36.5 Å². The van der Waals surface area contributed by atoms with E-state index in [1.54, 1.807) is 0 Å².